The molecule has 0 radical (unpaired) electrons. The quantitative estimate of drug-likeness (QED) is 0.834. The number of nitriles is 1. The van der Waals surface area contributed by atoms with Gasteiger partial charge in [-0.1, -0.05) is 6.07 Å². The van der Waals surface area contributed by atoms with Crippen LogP contribution in [0.1, 0.15) is 16.1 Å². The molecule has 0 saturated carbocycles. The maximum Gasteiger partial charge on any atom is 0.255 e. The van der Waals surface area contributed by atoms with Gasteiger partial charge in [-0.25, -0.2) is 9.97 Å². The third-order valence-electron chi connectivity index (χ3n) is 3.67. The van der Waals surface area contributed by atoms with Crippen molar-refractivity contribution >= 4 is 11.7 Å². The number of hydrogen-bond donors (Lipinski definition) is 0. The van der Waals surface area contributed by atoms with Gasteiger partial charge < -0.3 is 9.80 Å². The molecule has 3 heterocycles. The molecule has 22 heavy (non-hydrogen) atoms. The third kappa shape index (κ3) is 2.88. The second kappa shape index (κ2) is 6.22. The van der Waals surface area contributed by atoms with E-state index in [-0.39, 0.29) is 5.91 Å². The molecular formula is C16H15N5O. The highest BCUT2D eigenvalue weighted by Crippen LogP contribution is 2.14. The number of rotatable bonds is 2. The van der Waals surface area contributed by atoms with Crippen molar-refractivity contribution in [3.63, 3.8) is 0 Å². The standard InChI is InChI=1S/C16H15N5O/c17-11-14-5-4-13(12-19-14)16(22)21-9-7-20(8-10-21)15-3-1-2-6-18-15/h1-6,12H,7-10H2. The van der Waals surface area contributed by atoms with E-state index in [4.69, 9.17) is 5.26 Å². The number of anilines is 1. The minimum atomic E-state index is -0.0438. The van der Waals surface area contributed by atoms with Crippen molar-refractivity contribution in [2.24, 2.45) is 0 Å². The molecule has 1 fully saturated rings. The molecular weight excluding hydrogens is 278 g/mol. The zero-order chi connectivity index (χ0) is 15.4. The highest BCUT2D eigenvalue weighted by atomic mass is 16.2. The largest absolute Gasteiger partial charge is 0.353 e. The van der Waals surface area contributed by atoms with E-state index in [1.54, 1.807) is 18.3 Å². The molecule has 1 aliphatic heterocycles. The van der Waals surface area contributed by atoms with Gasteiger partial charge in [-0.15, -0.1) is 0 Å². The van der Waals surface area contributed by atoms with Gasteiger partial charge >= 0.3 is 0 Å². The summed E-state index contributed by atoms with van der Waals surface area (Å²) in [6, 6.07) is 11.0. The Hall–Kier alpha value is -2.94. The van der Waals surface area contributed by atoms with Crippen LogP contribution in [0.3, 0.4) is 0 Å². The van der Waals surface area contributed by atoms with Crippen molar-refractivity contribution in [2.45, 2.75) is 0 Å². The van der Waals surface area contributed by atoms with Crippen LogP contribution in [0.4, 0.5) is 5.82 Å². The van der Waals surface area contributed by atoms with Gasteiger partial charge in [0.2, 0.25) is 0 Å². The van der Waals surface area contributed by atoms with E-state index in [1.807, 2.05) is 29.2 Å². The smallest absolute Gasteiger partial charge is 0.255 e. The Morgan fingerprint density at radius 3 is 2.50 bits per heavy atom. The van der Waals surface area contributed by atoms with Gasteiger partial charge in [-0.3, -0.25) is 4.79 Å². The van der Waals surface area contributed by atoms with Crippen LogP contribution in [0.2, 0.25) is 0 Å². The van der Waals surface area contributed by atoms with E-state index in [2.05, 4.69) is 14.9 Å². The van der Waals surface area contributed by atoms with E-state index in [0.717, 1.165) is 18.9 Å². The number of carbonyl (C=O) groups is 1. The highest BCUT2D eigenvalue weighted by molar-refractivity contribution is 5.94. The van der Waals surface area contributed by atoms with Crippen LogP contribution in [0.5, 0.6) is 0 Å². The molecule has 110 valence electrons. The number of pyridine rings is 2. The molecule has 0 spiro atoms. The predicted molar refractivity (Wildman–Crippen MR) is 81.3 cm³/mol. The Kier molecular flexibility index (Phi) is 3.97. The fraction of sp³-hybridized carbons (Fsp3) is 0.250. The van der Waals surface area contributed by atoms with Gasteiger partial charge in [0.05, 0.1) is 5.56 Å². The Bertz CT molecular complexity index is 685. The summed E-state index contributed by atoms with van der Waals surface area (Å²) in [6.45, 7) is 2.81. The van der Waals surface area contributed by atoms with Crippen molar-refractivity contribution in [3.8, 4) is 6.07 Å². The van der Waals surface area contributed by atoms with E-state index < -0.39 is 0 Å². The van der Waals surface area contributed by atoms with Gasteiger partial charge in [0.25, 0.3) is 5.91 Å². The first-order chi connectivity index (χ1) is 10.8. The number of amides is 1. The molecule has 0 bridgehead atoms. The number of aromatic nitrogens is 2. The van der Waals surface area contributed by atoms with Crippen molar-refractivity contribution < 1.29 is 4.79 Å². The topological polar surface area (TPSA) is 73.1 Å². The average molecular weight is 293 g/mol. The molecule has 1 saturated heterocycles. The Morgan fingerprint density at radius 1 is 1.09 bits per heavy atom. The SMILES string of the molecule is N#Cc1ccc(C(=O)N2CCN(c3ccccn3)CC2)cn1. The summed E-state index contributed by atoms with van der Waals surface area (Å²) in [5, 5.41) is 8.73. The van der Waals surface area contributed by atoms with Gasteiger partial charge in [0, 0.05) is 38.6 Å². The van der Waals surface area contributed by atoms with E-state index in [1.165, 1.54) is 6.20 Å². The second-order valence-electron chi connectivity index (χ2n) is 5.01. The maximum atomic E-state index is 12.4. The van der Waals surface area contributed by atoms with Crippen molar-refractivity contribution in [1.29, 1.82) is 5.26 Å². The van der Waals surface area contributed by atoms with Crippen molar-refractivity contribution in [3.05, 3.63) is 54.0 Å². The van der Waals surface area contributed by atoms with Crippen LogP contribution in [-0.2, 0) is 0 Å². The van der Waals surface area contributed by atoms with Gasteiger partial charge in [0.15, 0.2) is 0 Å². The van der Waals surface area contributed by atoms with Crippen molar-refractivity contribution in [1.82, 2.24) is 14.9 Å². The van der Waals surface area contributed by atoms with E-state index >= 15 is 0 Å². The lowest BCUT2D eigenvalue weighted by Crippen LogP contribution is -2.49. The average Bonchev–Trinajstić information content (AvgIpc) is 2.62. The lowest BCUT2D eigenvalue weighted by molar-refractivity contribution is 0.0746. The maximum absolute atomic E-state index is 12.4. The minimum Gasteiger partial charge on any atom is -0.353 e. The predicted octanol–water partition coefficient (Wildman–Crippen LogP) is 1.31. The van der Waals surface area contributed by atoms with Crippen LogP contribution in [-0.4, -0.2) is 47.0 Å². The third-order valence-corrected chi connectivity index (χ3v) is 3.67. The number of nitrogens with zero attached hydrogens (tertiary/aromatic N) is 5. The molecule has 6 heteroatoms. The van der Waals surface area contributed by atoms with E-state index in [9.17, 15) is 4.79 Å². The summed E-state index contributed by atoms with van der Waals surface area (Å²) in [4.78, 5) is 24.7. The van der Waals surface area contributed by atoms with Crippen LogP contribution < -0.4 is 4.90 Å². The molecule has 2 aromatic heterocycles. The molecule has 0 aliphatic carbocycles. The molecule has 3 rings (SSSR count). The first-order valence-electron chi connectivity index (χ1n) is 7.09. The highest BCUT2D eigenvalue weighted by Gasteiger charge is 2.22. The van der Waals surface area contributed by atoms with Crippen LogP contribution >= 0.6 is 0 Å². The summed E-state index contributed by atoms with van der Waals surface area (Å²) in [5.41, 5.74) is 0.835. The summed E-state index contributed by atoms with van der Waals surface area (Å²) < 4.78 is 0. The monoisotopic (exact) mass is 293 g/mol. The van der Waals surface area contributed by atoms with Gasteiger partial charge in [-0.05, 0) is 24.3 Å². The molecule has 1 aliphatic rings. The molecule has 2 aromatic rings. The number of piperazine rings is 1. The van der Waals surface area contributed by atoms with Crippen molar-refractivity contribution in [2.75, 3.05) is 31.1 Å². The van der Waals surface area contributed by atoms with Crippen LogP contribution in [0.15, 0.2) is 42.7 Å². The lowest BCUT2D eigenvalue weighted by atomic mass is 10.2. The minimum absolute atomic E-state index is 0.0438. The normalized spacial score (nSPS) is 14.5. The Balaban J connectivity index is 1.63. The van der Waals surface area contributed by atoms with Crippen LogP contribution in [0.25, 0.3) is 0 Å². The lowest BCUT2D eigenvalue weighted by Gasteiger charge is -2.35. The molecule has 0 N–H and O–H groups in total. The summed E-state index contributed by atoms with van der Waals surface area (Å²) >= 11 is 0. The molecule has 1 amide bonds. The second-order valence-corrected chi connectivity index (χ2v) is 5.01. The fourth-order valence-electron chi connectivity index (χ4n) is 2.45. The molecule has 0 unspecified atom stereocenters. The first kappa shape index (κ1) is 14.0. The van der Waals surface area contributed by atoms with Crippen LogP contribution in [0, 0.1) is 11.3 Å². The van der Waals surface area contributed by atoms with Gasteiger partial charge in [0.1, 0.15) is 17.6 Å². The summed E-state index contributed by atoms with van der Waals surface area (Å²) in [5.74, 6) is 0.896. The Morgan fingerprint density at radius 2 is 1.91 bits per heavy atom. The summed E-state index contributed by atoms with van der Waals surface area (Å²) in [7, 11) is 0. The molecule has 6 nitrogen and oxygen atoms in total. The summed E-state index contributed by atoms with van der Waals surface area (Å²) in [6.07, 6.45) is 3.24. The van der Waals surface area contributed by atoms with E-state index in [0.29, 0.717) is 24.3 Å². The fourth-order valence-corrected chi connectivity index (χ4v) is 2.45. The number of carbonyl (C=O) groups excluding carboxylic acids is 1. The molecule has 0 aromatic carbocycles. The van der Waals surface area contributed by atoms with Gasteiger partial charge in [-0.2, -0.15) is 5.26 Å². The molecule has 0 atom stereocenters. The zero-order valence-electron chi connectivity index (χ0n) is 12.0. The zero-order valence-corrected chi connectivity index (χ0v) is 12.0. The Labute approximate surface area is 128 Å². The first-order valence-corrected chi connectivity index (χ1v) is 7.09. The number of hydrogen-bond acceptors (Lipinski definition) is 5.